The highest BCUT2D eigenvalue weighted by atomic mass is 35.5. The van der Waals surface area contributed by atoms with E-state index in [1.807, 2.05) is 38.1 Å². The topological polar surface area (TPSA) is 26.3 Å². The molecule has 0 aliphatic rings. The second kappa shape index (κ2) is 6.94. The molecule has 2 nitrogen and oxygen atoms in total. The Bertz CT molecular complexity index is 353. The molecule has 0 saturated heterocycles. The number of carbonyl (C=O) groups excluding carboxylic acids is 1. The Hall–Kier alpha value is -0.510. The third-order valence-corrected chi connectivity index (χ3v) is 3.38. The molecule has 88 valence electrons. The van der Waals surface area contributed by atoms with E-state index in [-0.39, 0.29) is 18.5 Å². The minimum Gasteiger partial charge on any atom is -0.371 e. The number of benzene rings is 1. The molecule has 0 aliphatic carbocycles. The van der Waals surface area contributed by atoms with Crippen molar-refractivity contribution >= 4 is 29.1 Å². The SMILES string of the molecule is CC(C)OCC(=O)CSc1ccccc1Cl. The summed E-state index contributed by atoms with van der Waals surface area (Å²) in [6.45, 7) is 4.00. The molecule has 1 rings (SSSR count). The highest BCUT2D eigenvalue weighted by Crippen LogP contribution is 2.26. The molecule has 0 atom stereocenters. The summed E-state index contributed by atoms with van der Waals surface area (Å²) in [6.07, 6.45) is 0.0919. The standard InChI is InChI=1S/C12H15ClO2S/c1-9(2)15-7-10(14)8-16-12-6-4-3-5-11(12)13/h3-6,9H,7-8H2,1-2H3. The largest absolute Gasteiger partial charge is 0.371 e. The number of ketones is 1. The summed E-state index contributed by atoms with van der Waals surface area (Å²) in [5.41, 5.74) is 0. The van der Waals surface area contributed by atoms with Crippen molar-refractivity contribution in [1.29, 1.82) is 0 Å². The van der Waals surface area contributed by atoms with Gasteiger partial charge in [0.15, 0.2) is 5.78 Å². The lowest BCUT2D eigenvalue weighted by Crippen LogP contribution is -2.14. The molecule has 0 heterocycles. The number of carbonyl (C=O) groups is 1. The molecule has 1 aromatic rings. The molecular weight excluding hydrogens is 244 g/mol. The molecule has 0 saturated carbocycles. The molecule has 4 heteroatoms. The molecule has 0 amide bonds. The maximum absolute atomic E-state index is 11.4. The molecule has 0 unspecified atom stereocenters. The first kappa shape index (κ1) is 13.6. The molecule has 0 radical (unpaired) electrons. The molecule has 16 heavy (non-hydrogen) atoms. The third kappa shape index (κ3) is 5.01. The fraction of sp³-hybridized carbons (Fsp3) is 0.417. The van der Waals surface area contributed by atoms with Crippen LogP contribution in [0.1, 0.15) is 13.8 Å². The van der Waals surface area contributed by atoms with Crippen molar-refractivity contribution in [3.05, 3.63) is 29.3 Å². The Morgan fingerprint density at radius 2 is 2.12 bits per heavy atom. The summed E-state index contributed by atoms with van der Waals surface area (Å²) >= 11 is 7.42. The predicted octanol–water partition coefficient (Wildman–Crippen LogP) is 3.43. The summed E-state index contributed by atoms with van der Waals surface area (Å²) in [7, 11) is 0. The molecule has 0 spiro atoms. The third-order valence-electron chi connectivity index (χ3n) is 1.80. The maximum atomic E-state index is 11.4. The van der Waals surface area contributed by atoms with Gasteiger partial charge in [0, 0.05) is 4.90 Å². The Morgan fingerprint density at radius 1 is 1.44 bits per heavy atom. The summed E-state index contributed by atoms with van der Waals surface area (Å²) in [4.78, 5) is 12.4. The predicted molar refractivity (Wildman–Crippen MR) is 68.3 cm³/mol. The Kier molecular flexibility index (Phi) is 5.88. The van der Waals surface area contributed by atoms with Gasteiger partial charge in [-0.05, 0) is 26.0 Å². The van der Waals surface area contributed by atoms with Crippen molar-refractivity contribution in [3.8, 4) is 0 Å². The number of hydrogen-bond acceptors (Lipinski definition) is 3. The fourth-order valence-corrected chi connectivity index (χ4v) is 2.10. The van der Waals surface area contributed by atoms with Crippen molar-refractivity contribution in [3.63, 3.8) is 0 Å². The summed E-state index contributed by atoms with van der Waals surface area (Å²) in [5.74, 6) is 0.481. The van der Waals surface area contributed by atoms with Gasteiger partial charge in [0.1, 0.15) is 6.61 Å². The monoisotopic (exact) mass is 258 g/mol. The van der Waals surface area contributed by atoms with Crippen LogP contribution in [0.25, 0.3) is 0 Å². The number of rotatable bonds is 6. The van der Waals surface area contributed by atoms with E-state index in [1.54, 1.807) is 0 Å². The molecule has 0 aromatic heterocycles. The van der Waals surface area contributed by atoms with E-state index in [0.29, 0.717) is 10.8 Å². The maximum Gasteiger partial charge on any atom is 0.168 e. The van der Waals surface area contributed by atoms with Gasteiger partial charge < -0.3 is 4.74 Å². The normalized spacial score (nSPS) is 10.8. The lowest BCUT2D eigenvalue weighted by molar-refractivity contribution is -0.122. The van der Waals surface area contributed by atoms with Crippen LogP contribution in [0.15, 0.2) is 29.2 Å². The van der Waals surface area contributed by atoms with Crippen LogP contribution in [0.4, 0.5) is 0 Å². The van der Waals surface area contributed by atoms with Crippen LogP contribution in [-0.4, -0.2) is 24.2 Å². The minimum atomic E-state index is 0.0821. The van der Waals surface area contributed by atoms with Gasteiger partial charge in [-0.15, -0.1) is 11.8 Å². The molecule has 0 bridgehead atoms. The van der Waals surface area contributed by atoms with E-state index >= 15 is 0 Å². The van der Waals surface area contributed by atoms with Gasteiger partial charge >= 0.3 is 0 Å². The molecule has 1 aromatic carbocycles. The highest BCUT2D eigenvalue weighted by Gasteiger charge is 2.06. The zero-order valence-electron chi connectivity index (χ0n) is 9.40. The van der Waals surface area contributed by atoms with E-state index in [1.165, 1.54) is 11.8 Å². The zero-order valence-corrected chi connectivity index (χ0v) is 11.0. The smallest absolute Gasteiger partial charge is 0.168 e. The second-order valence-electron chi connectivity index (χ2n) is 3.62. The van der Waals surface area contributed by atoms with Crippen LogP contribution in [0.2, 0.25) is 5.02 Å². The van der Waals surface area contributed by atoms with Crippen LogP contribution in [0.3, 0.4) is 0 Å². The molecule has 0 N–H and O–H groups in total. The van der Waals surface area contributed by atoms with E-state index in [4.69, 9.17) is 16.3 Å². The van der Waals surface area contributed by atoms with Gasteiger partial charge in [0.2, 0.25) is 0 Å². The van der Waals surface area contributed by atoms with Crippen LogP contribution in [0.5, 0.6) is 0 Å². The molecule has 0 aliphatic heterocycles. The van der Waals surface area contributed by atoms with Crippen molar-refractivity contribution in [1.82, 2.24) is 0 Å². The molecular formula is C12H15ClO2S. The quantitative estimate of drug-likeness (QED) is 0.732. The number of ether oxygens (including phenoxy) is 1. The van der Waals surface area contributed by atoms with Crippen LogP contribution < -0.4 is 0 Å². The average Bonchev–Trinajstić information content (AvgIpc) is 2.25. The number of Topliss-reactive ketones (excluding diaryl/α,β-unsaturated/α-hetero) is 1. The van der Waals surface area contributed by atoms with Gasteiger partial charge in [-0.1, -0.05) is 23.7 Å². The van der Waals surface area contributed by atoms with Gasteiger partial charge in [0.05, 0.1) is 16.9 Å². The van der Waals surface area contributed by atoms with Crippen molar-refractivity contribution in [2.75, 3.05) is 12.4 Å². The Balaban J connectivity index is 2.35. The van der Waals surface area contributed by atoms with E-state index in [0.717, 1.165) is 4.90 Å². The first-order valence-electron chi connectivity index (χ1n) is 5.10. The van der Waals surface area contributed by atoms with Crippen LogP contribution >= 0.6 is 23.4 Å². The summed E-state index contributed by atoms with van der Waals surface area (Å²) in [6, 6.07) is 7.50. The van der Waals surface area contributed by atoms with Gasteiger partial charge in [-0.25, -0.2) is 0 Å². The molecule has 0 fully saturated rings. The van der Waals surface area contributed by atoms with E-state index < -0.39 is 0 Å². The number of thioether (sulfide) groups is 1. The zero-order chi connectivity index (χ0) is 12.0. The van der Waals surface area contributed by atoms with Crippen molar-refractivity contribution < 1.29 is 9.53 Å². The van der Waals surface area contributed by atoms with Crippen molar-refractivity contribution in [2.24, 2.45) is 0 Å². The number of hydrogen-bond donors (Lipinski definition) is 0. The van der Waals surface area contributed by atoms with Crippen molar-refractivity contribution in [2.45, 2.75) is 24.8 Å². The lowest BCUT2D eigenvalue weighted by Gasteiger charge is -2.06. The lowest BCUT2D eigenvalue weighted by atomic mass is 10.4. The van der Waals surface area contributed by atoms with Gasteiger partial charge in [-0.3, -0.25) is 4.79 Å². The fourth-order valence-electron chi connectivity index (χ4n) is 1.02. The minimum absolute atomic E-state index is 0.0821. The Labute approximate surface area is 105 Å². The van der Waals surface area contributed by atoms with Crippen LogP contribution in [-0.2, 0) is 9.53 Å². The van der Waals surface area contributed by atoms with Gasteiger partial charge in [-0.2, -0.15) is 0 Å². The first-order chi connectivity index (χ1) is 7.59. The Morgan fingerprint density at radius 3 is 2.75 bits per heavy atom. The summed E-state index contributed by atoms with van der Waals surface area (Å²) < 4.78 is 5.23. The average molecular weight is 259 g/mol. The number of halogens is 1. The highest BCUT2D eigenvalue weighted by molar-refractivity contribution is 8.00. The second-order valence-corrected chi connectivity index (χ2v) is 5.04. The summed E-state index contributed by atoms with van der Waals surface area (Å²) in [5, 5.41) is 0.685. The van der Waals surface area contributed by atoms with E-state index in [2.05, 4.69) is 0 Å². The van der Waals surface area contributed by atoms with E-state index in [9.17, 15) is 4.79 Å². The van der Waals surface area contributed by atoms with Gasteiger partial charge in [0.25, 0.3) is 0 Å². The van der Waals surface area contributed by atoms with Crippen LogP contribution in [0, 0.1) is 0 Å². The first-order valence-corrected chi connectivity index (χ1v) is 6.46.